The van der Waals surface area contributed by atoms with Crippen molar-refractivity contribution in [3.63, 3.8) is 0 Å². The predicted molar refractivity (Wildman–Crippen MR) is 115 cm³/mol. The molecular weight excluding hydrogens is 450 g/mol. The number of aryl methyl sites for hydroxylation is 1. The van der Waals surface area contributed by atoms with Crippen LogP contribution in [0, 0.1) is 6.92 Å². The highest BCUT2D eigenvalue weighted by atomic mass is 35.5. The van der Waals surface area contributed by atoms with Crippen molar-refractivity contribution < 1.29 is 21.6 Å². The molecule has 8 nitrogen and oxygen atoms in total. The summed E-state index contributed by atoms with van der Waals surface area (Å²) in [7, 11) is -7.71. The molecule has 0 aliphatic carbocycles. The van der Waals surface area contributed by atoms with E-state index in [1.54, 1.807) is 6.92 Å². The number of hydrogen-bond acceptors (Lipinski definition) is 5. The van der Waals surface area contributed by atoms with E-state index in [1.807, 2.05) is 0 Å². The molecule has 0 aromatic heterocycles. The van der Waals surface area contributed by atoms with Crippen LogP contribution in [0.15, 0.2) is 46.2 Å². The van der Waals surface area contributed by atoms with Crippen LogP contribution in [0.1, 0.15) is 35.2 Å². The summed E-state index contributed by atoms with van der Waals surface area (Å²) in [5, 5.41) is 7.82. The summed E-state index contributed by atoms with van der Waals surface area (Å²) >= 11 is 6.14. The number of anilines is 1. The van der Waals surface area contributed by atoms with E-state index in [9.17, 15) is 21.6 Å². The molecular formula is C19H22ClN3O5S2. The fourth-order valence-electron chi connectivity index (χ4n) is 3.28. The van der Waals surface area contributed by atoms with Crippen molar-refractivity contribution in [2.45, 2.75) is 36.0 Å². The third-order valence-electron chi connectivity index (χ3n) is 4.89. The molecule has 0 radical (unpaired) electrons. The molecule has 2 aromatic carbocycles. The number of carbonyl (C=O) groups is 1. The fraction of sp³-hybridized carbons (Fsp3) is 0.316. The van der Waals surface area contributed by atoms with Gasteiger partial charge < -0.3 is 5.32 Å². The van der Waals surface area contributed by atoms with Crippen LogP contribution in [0.25, 0.3) is 0 Å². The average molecular weight is 472 g/mol. The van der Waals surface area contributed by atoms with Crippen LogP contribution < -0.4 is 10.5 Å². The van der Waals surface area contributed by atoms with Crippen LogP contribution in [0.4, 0.5) is 5.69 Å². The fourth-order valence-corrected chi connectivity index (χ4v) is 5.83. The van der Waals surface area contributed by atoms with E-state index in [4.69, 9.17) is 16.7 Å². The van der Waals surface area contributed by atoms with E-state index >= 15 is 0 Å². The highest BCUT2D eigenvalue weighted by Crippen LogP contribution is 2.26. The summed E-state index contributed by atoms with van der Waals surface area (Å²) in [4.78, 5) is 12.6. The molecule has 3 N–H and O–H groups in total. The van der Waals surface area contributed by atoms with Gasteiger partial charge in [0.05, 0.1) is 20.4 Å². The summed E-state index contributed by atoms with van der Waals surface area (Å²) < 4.78 is 50.6. The van der Waals surface area contributed by atoms with Crippen molar-refractivity contribution in [2.24, 2.45) is 5.14 Å². The van der Waals surface area contributed by atoms with Crippen molar-refractivity contribution in [3.8, 4) is 0 Å². The maximum absolute atomic E-state index is 12.9. The number of nitrogens with two attached hydrogens (primary N) is 1. The molecule has 2 aromatic rings. The highest BCUT2D eigenvalue weighted by Gasteiger charge is 2.27. The second-order valence-corrected chi connectivity index (χ2v) is 11.0. The molecule has 1 heterocycles. The smallest absolute Gasteiger partial charge is 0.257 e. The SMILES string of the molecule is Cc1ccc(NC(=O)c2cc(S(=O)(=O)N3CCCCC3)ccc2Cl)cc1S(N)(=O)=O. The van der Waals surface area contributed by atoms with Crippen LogP contribution in [0.3, 0.4) is 0 Å². The van der Waals surface area contributed by atoms with E-state index in [2.05, 4.69) is 5.32 Å². The average Bonchev–Trinajstić information content (AvgIpc) is 2.69. The van der Waals surface area contributed by atoms with E-state index < -0.39 is 26.0 Å². The Labute approximate surface area is 181 Å². The molecule has 162 valence electrons. The second kappa shape index (κ2) is 8.64. The minimum atomic E-state index is -3.97. The van der Waals surface area contributed by atoms with Gasteiger partial charge in [0.15, 0.2) is 0 Å². The van der Waals surface area contributed by atoms with Gasteiger partial charge in [-0.25, -0.2) is 22.0 Å². The number of nitrogens with zero attached hydrogens (tertiary/aromatic N) is 1. The first kappa shape index (κ1) is 22.7. The Hall–Kier alpha value is -1.98. The monoisotopic (exact) mass is 471 g/mol. The molecule has 30 heavy (non-hydrogen) atoms. The Morgan fingerprint density at radius 3 is 2.33 bits per heavy atom. The lowest BCUT2D eigenvalue weighted by molar-refractivity contribution is 0.102. The van der Waals surface area contributed by atoms with Crippen molar-refractivity contribution in [2.75, 3.05) is 18.4 Å². The standard InChI is InChI=1S/C19H22ClN3O5S2/c1-13-5-6-14(11-18(13)29(21,25)26)22-19(24)16-12-15(7-8-17(16)20)30(27,28)23-9-3-2-4-10-23/h5-8,11-12H,2-4,9-10H2,1H3,(H,22,24)(H2,21,25,26). The summed E-state index contributed by atoms with van der Waals surface area (Å²) in [5.41, 5.74) is 0.589. The second-order valence-electron chi connectivity index (χ2n) is 7.09. The van der Waals surface area contributed by atoms with Gasteiger partial charge in [-0.3, -0.25) is 4.79 Å². The lowest BCUT2D eigenvalue weighted by Gasteiger charge is -2.26. The maximum Gasteiger partial charge on any atom is 0.257 e. The highest BCUT2D eigenvalue weighted by molar-refractivity contribution is 7.89. The Morgan fingerprint density at radius 1 is 1.03 bits per heavy atom. The first-order valence-electron chi connectivity index (χ1n) is 9.24. The third kappa shape index (κ3) is 4.84. The van der Waals surface area contributed by atoms with Gasteiger partial charge in [0.1, 0.15) is 0 Å². The lowest BCUT2D eigenvalue weighted by Crippen LogP contribution is -2.35. The van der Waals surface area contributed by atoms with Gasteiger partial charge in [0.2, 0.25) is 20.0 Å². The number of sulfonamides is 2. The number of primary sulfonamides is 1. The Morgan fingerprint density at radius 2 is 1.70 bits per heavy atom. The van der Waals surface area contributed by atoms with E-state index in [1.165, 1.54) is 40.7 Å². The van der Waals surface area contributed by atoms with Gasteiger partial charge in [-0.15, -0.1) is 0 Å². The van der Waals surface area contributed by atoms with Crippen molar-refractivity contribution in [1.82, 2.24) is 4.31 Å². The number of piperidine rings is 1. The van der Waals surface area contributed by atoms with Crippen LogP contribution >= 0.6 is 11.6 Å². The number of halogens is 1. The minimum absolute atomic E-state index is 0.0203. The molecule has 1 aliphatic rings. The van der Waals surface area contributed by atoms with Gasteiger partial charge in [0.25, 0.3) is 5.91 Å². The van der Waals surface area contributed by atoms with E-state index in [0.717, 1.165) is 19.3 Å². The summed E-state index contributed by atoms with van der Waals surface area (Å²) in [6.07, 6.45) is 2.57. The number of nitrogens with one attached hydrogen (secondary N) is 1. The molecule has 1 saturated heterocycles. The van der Waals surface area contributed by atoms with Crippen molar-refractivity contribution in [3.05, 3.63) is 52.5 Å². The van der Waals surface area contributed by atoms with Crippen LogP contribution in [-0.4, -0.2) is 40.1 Å². The molecule has 0 saturated carbocycles. The third-order valence-corrected chi connectivity index (χ3v) is 8.16. The zero-order chi connectivity index (χ0) is 22.1. The van der Waals surface area contributed by atoms with Gasteiger partial charge in [-0.1, -0.05) is 24.1 Å². The quantitative estimate of drug-likeness (QED) is 0.693. The number of rotatable bonds is 5. The normalized spacial score (nSPS) is 15.7. The first-order valence-corrected chi connectivity index (χ1v) is 12.6. The maximum atomic E-state index is 12.9. The van der Waals surface area contributed by atoms with Gasteiger partial charge >= 0.3 is 0 Å². The minimum Gasteiger partial charge on any atom is -0.322 e. The molecule has 0 spiro atoms. The summed E-state index contributed by atoms with van der Waals surface area (Å²) in [5.74, 6) is -0.667. The van der Waals surface area contributed by atoms with Crippen molar-refractivity contribution in [1.29, 1.82) is 0 Å². The zero-order valence-corrected chi connectivity index (χ0v) is 18.6. The molecule has 11 heteroatoms. The molecule has 3 rings (SSSR count). The van der Waals surface area contributed by atoms with Gasteiger partial charge in [0, 0.05) is 18.8 Å². The van der Waals surface area contributed by atoms with Gasteiger partial charge in [-0.2, -0.15) is 4.31 Å². The topological polar surface area (TPSA) is 127 Å². The summed E-state index contributed by atoms with van der Waals surface area (Å²) in [6, 6.07) is 8.23. The Kier molecular flexibility index (Phi) is 6.54. The number of benzene rings is 2. The van der Waals surface area contributed by atoms with Crippen LogP contribution in [0.2, 0.25) is 5.02 Å². The molecule has 1 amide bonds. The largest absolute Gasteiger partial charge is 0.322 e. The van der Waals surface area contributed by atoms with E-state index in [-0.39, 0.29) is 26.1 Å². The molecule has 1 fully saturated rings. The number of amides is 1. The number of carbonyl (C=O) groups excluding carboxylic acids is 1. The zero-order valence-electron chi connectivity index (χ0n) is 16.3. The molecule has 1 aliphatic heterocycles. The first-order chi connectivity index (χ1) is 14.0. The van der Waals surface area contributed by atoms with Crippen molar-refractivity contribution >= 4 is 43.2 Å². The van der Waals surface area contributed by atoms with Crippen LogP contribution in [-0.2, 0) is 20.0 Å². The van der Waals surface area contributed by atoms with Gasteiger partial charge in [-0.05, 0) is 55.7 Å². The Balaban J connectivity index is 1.91. The van der Waals surface area contributed by atoms with Crippen LogP contribution in [0.5, 0.6) is 0 Å². The lowest BCUT2D eigenvalue weighted by atomic mass is 10.2. The Bertz CT molecular complexity index is 1190. The molecule has 0 unspecified atom stereocenters. The van der Waals surface area contributed by atoms with E-state index in [0.29, 0.717) is 18.7 Å². The molecule has 0 bridgehead atoms. The molecule has 0 atom stereocenters. The summed E-state index contributed by atoms with van der Waals surface area (Å²) in [6.45, 7) is 2.45. The number of hydrogen-bond donors (Lipinski definition) is 2. The predicted octanol–water partition coefficient (Wildman–Crippen LogP) is 2.72.